The minimum Gasteiger partial charge on any atom is -0.487 e. The normalized spacial score (nSPS) is 38.5. The van der Waals surface area contributed by atoms with Crippen molar-refractivity contribution in [3.05, 3.63) is 120 Å². The third kappa shape index (κ3) is 4.29. The summed E-state index contributed by atoms with van der Waals surface area (Å²) >= 11 is 0. The topological polar surface area (TPSA) is 27.7 Å². The fourth-order valence-electron chi connectivity index (χ4n) is 16.0. The Hall–Kier alpha value is -4.50. The van der Waals surface area contributed by atoms with Crippen LogP contribution in [0.25, 0.3) is 32.3 Å². The van der Waals surface area contributed by atoms with E-state index in [1.54, 1.807) is 0 Å². The van der Waals surface area contributed by atoms with Gasteiger partial charge in [-0.25, -0.2) is 0 Å². The second-order valence-corrected chi connectivity index (χ2v) is 20.9. The first-order valence-electron chi connectivity index (χ1n) is 22.5. The highest BCUT2D eigenvalue weighted by Gasteiger charge is 2.75. The van der Waals surface area contributed by atoms with Crippen molar-refractivity contribution in [3.8, 4) is 23.0 Å². The van der Waals surface area contributed by atoms with Gasteiger partial charge in [0.1, 0.15) is 34.2 Å². The van der Waals surface area contributed by atoms with E-state index in [1.165, 1.54) is 113 Å². The molecule has 9 aliphatic rings. The van der Waals surface area contributed by atoms with Gasteiger partial charge >= 0.3 is 0 Å². The summed E-state index contributed by atoms with van der Waals surface area (Å²) in [6.45, 7) is 4.90. The third-order valence-corrected chi connectivity index (χ3v) is 18.4. The van der Waals surface area contributed by atoms with Crippen LogP contribution in [0.5, 0.6) is 23.0 Å². The molecule has 7 bridgehead atoms. The maximum atomic E-state index is 7.26. The van der Waals surface area contributed by atoms with E-state index in [0.29, 0.717) is 29.1 Å². The van der Waals surface area contributed by atoms with Gasteiger partial charge in [0.05, 0.1) is 0 Å². The monoisotopic (exact) mass is 748 g/mol. The van der Waals surface area contributed by atoms with E-state index in [9.17, 15) is 0 Å². The lowest BCUT2D eigenvalue weighted by Gasteiger charge is -2.59. The zero-order chi connectivity index (χ0) is 37.4. The highest BCUT2D eigenvalue weighted by Crippen LogP contribution is 2.78. The van der Waals surface area contributed by atoms with Crippen molar-refractivity contribution in [1.82, 2.24) is 0 Å². The number of hydrogen-bond acceptors (Lipinski definition) is 3. The molecule has 7 atom stereocenters. The van der Waals surface area contributed by atoms with E-state index in [1.807, 2.05) is 0 Å². The number of ether oxygens (including phenoxy) is 3. The van der Waals surface area contributed by atoms with Crippen LogP contribution in [0.15, 0.2) is 103 Å². The van der Waals surface area contributed by atoms with Gasteiger partial charge in [-0.1, -0.05) is 66.7 Å². The van der Waals surface area contributed by atoms with Crippen LogP contribution >= 0.6 is 0 Å². The van der Waals surface area contributed by atoms with Crippen LogP contribution in [0.3, 0.4) is 0 Å². The van der Waals surface area contributed by atoms with Gasteiger partial charge in [-0.2, -0.15) is 0 Å². The zero-order valence-corrected chi connectivity index (χ0v) is 33.3. The predicted octanol–water partition coefficient (Wildman–Crippen LogP) is 13.6. The van der Waals surface area contributed by atoms with Crippen molar-refractivity contribution in [2.75, 3.05) is 0 Å². The minimum absolute atomic E-state index is 0.00519. The first kappa shape index (κ1) is 32.5. The molecule has 8 aliphatic carbocycles. The van der Waals surface area contributed by atoms with Crippen LogP contribution in [0, 0.1) is 52.8 Å². The average molecular weight is 749 g/mol. The SMILES string of the molecule is CC1(Oc2ccc3c4c(ccc3c2)Oc2ccc3cc(OC5(C)C6CC7CC8CC5C8(C7)C6)ccc3c2C4c2ccc3ccccc3c2)C2CC3CC(C2)CC1C3. The van der Waals surface area contributed by atoms with Crippen molar-refractivity contribution in [2.45, 2.75) is 95.2 Å². The van der Waals surface area contributed by atoms with Gasteiger partial charge in [0.15, 0.2) is 0 Å². The second kappa shape index (κ2) is 11.0. The van der Waals surface area contributed by atoms with Gasteiger partial charge in [0, 0.05) is 23.0 Å². The highest BCUT2D eigenvalue weighted by atomic mass is 16.5. The lowest BCUT2D eigenvalue weighted by Crippen LogP contribution is -2.59. The van der Waals surface area contributed by atoms with E-state index >= 15 is 0 Å². The average Bonchev–Trinajstić information content (AvgIpc) is 3.48. The summed E-state index contributed by atoms with van der Waals surface area (Å²) in [6.07, 6.45) is 13.9. The maximum absolute atomic E-state index is 7.26. The molecular weight excluding hydrogens is 697 g/mol. The molecule has 0 aromatic heterocycles. The Kier molecular flexibility index (Phi) is 6.24. The summed E-state index contributed by atoms with van der Waals surface area (Å²) in [7, 11) is 0. The van der Waals surface area contributed by atoms with Crippen LogP contribution in [-0.2, 0) is 0 Å². The molecule has 286 valence electrons. The molecule has 0 radical (unpaired) electrons. The molecule has 1 heterocycles. The van der Waals surface area contributed by atoms with Gasteiger partial charge < -0.3 is 14.2 Å². The second-order valence-electron chi connectivity index (χ2n) is 20.9. The van der Waals surface area contributed by atoms with Crippen molar-refractivity contribution in [1.29, 1.82) is 0 Å². The summed E-state index contributed by atoms with van der Waals surface area (Å²) in [5.74, 6) is 10.4. The lowest BCUT2D eigenvalue weighted by molar-refractivity contribution is -0.145. The molecular formula is C54H52O3. The lowest BCUT2D eigenvalue weighted by atomic mass is 9.50. The maximum Gasteiger partial charge on any atom is 0.132 e. The summed E-state index contributed by atoms with van der Waals surface area (Å²) in [4.78, 5) is 0. The number of rotatable bonds is 5. The fraction of sp³-hybridized carbons (Fsp3) is 0.444. The molecule has 57 heavy (non-hydrogen) atoms. The fourth-order valence-corrected chi connectivity index (χ4v) is 16.0. The summed E-state index contributed by atoms with van der Waals surface area (Å²) in [6, 6.07) is 38.6. The van der Waals surface area contributed by atoms with Crippen LogP contribution in [0.4, 0.5) is 0 Å². The largest absolute Gasteiger partial charge is 0.487 e. The van der Waals surface area contributed by atoms with Gasteiger partial charge in [0.2, 0.25) is 0 Å². The molecule has 8 saturated carbocycles. The van der Waals surface area contributed by atoms with Gasteiger partial charge in [-0.15, -0.1) is 0 Å². The van der Waals surface area contributed by atoms with Crippen molar-refractivity contribution >= 4 is 32.3 Å². The Morgan fingerprint density at radius 2 is 1.09 bits per heavy atom. The number of hydrogen-bond donors (Lipinski definition) is 0. The smallest absolute Gasteiger partial charge is 0.132 e. The Labute approximate surface area is 336 Å². The Balaban J connectivity index is 0.880. The van der Waals surface area contributed by atoms with Crippen LogP contribution in [0.2, 0.25) is 0 Å². The van der Waals surface area contributed by atoms with Crippen molar-refractivity contribution in [2.24, 2.45) is 52.8 Å². The standard InChI is InChI=1S/C54H52O3/c1-52(38-18-30-17-31(20-38)21-39(52)19-30)56-42-11-13-44-35(25-42)9-15-46-50(44)49(37-8-7-33-5-3-4-6-34(33)24-37)51-45-14-12-43(26-36(45)10-16-47(51)55-46)57-53(2)41-23-32-22-40-27-48(53)54(40,28-32)29-41/h3-16,24-26,30-32,38-41,48-49H,17-23,27-29H2,1-2H3. The molecule has 0 saturated heterocycles. The quantitative estimate of drug-likeness (QED) is 0.175. The molecule has 3 nitrogen and oxygen atoms in total. The predicted molar refractivity (Wildman–Crippen MR) is 227 cm³/mol. The molecule has 6 aromatic carbocycles. The Bertz CT molecular complexity index is 2680. The molecule has 0 N–H and O–H groups in total. The molecule has 0 amide bonds. The van der Waals surface area contributed by atoms with Crippen molar-refractivity contribution in [3.63, 3.8) is 0 Å². The Morgan fingerprint density at radius 1 is 0.491 bits per heavy atom. The Morgan fingerprint density at radius 3 is 1.77 bits per heavy atom. The van der Waals surface area contributed by atoms with Crippen molar-refractivity contribution < 1.29 is 14.2 Å². The van der Waals surface area contributed by atoms with E-state index in [-0.39, 0.29) is 17.1 Å². The molecule has 1 spiro atoms. The van der Waals surface area contributed by atoms with E-state index in [0.717, 1.165) is 46.7 Å². The number of benzene rings is 6. The highest BCUT2D eigenvalue weighted by molar-refractivity contribution is 5.96. The molecule has 1 aliphatic heterocycles. The summed E-state index contributed by atoms with van der Waals surface area (Å²) < 4.78 is 21.4. The van der Waals surface area contributed by atoms with E-state index in [4.69, 9.17) is 14.2 Å². The third-order valence-electron chi connectivity index (χ3n) is 18.4. The molecule has 8 fully saturated rings. The minimum atomic E-state index is -0.0693. The number of fused-ring (bicyclic) bond motifs is 9. The van der Waals surface area contributed by atoms with Crippen LogP contribution in [0.1, 0.15) is 101 Å². The van der Waals surface area contributed by atoms with Crippen LogP contribution in [-0.4, -0.2) is 11.2 Å². The molecule has 3 heteroatoms. The molecule has 15 rings (SSSR count). The first-order valence-corrected chi connectivity index (χ1v) is 22.5. The zero-order valence-electron chi connectivity index (χ0n) is 33.3. The molecule has 7 unspecified atom stereocenters. The van der Waals surface area contributed by atoms with E-state index < -0.39 is 0 Å². The first-order chi connectivity index (χ1) is 27.8. The summed E-state index contributed by atoms with van der Waals surface area (Å²) in [5, 5.41) is 7.45. The van der Waals surface area contributed by atoms with Gasteiger partial charge in [-0.3, -0.25) is 0 Å². The van der Waals surface area contributed by atoms with Gasteiger partial charge in [0.25, 0.3) is 0 Å². The van der Waals surface area contributed by atoms with Crippen LogP contribution < -0.4 is 14.2 Å². The summed E-state index contributed by atoms with van der Waals surface area (Å²) in [5.41, 5.74) is 4.24. The van der Waals surface area contributed by atoms with E-state index in [2.05, 4.69) is 117 Å². The van der Waals surface area contributed by atoms with Gasteiger partial charge in [-0.05, 0) is 199 Å². The molecule has 6 aromatic rings.